The highest BCUT2D eigenvalue weighted by Crippen LogP contribution is 2.31. The maximum atomic E-state index is 5.79. The molecule has 2 N–H and O–H groups in total. The van der Waals surface area contributed by atoms with Gasteiger partial charge in [-0.25, -0.2) is 9.97 Å². The quantitative estimate of drug-likeness (QED) is 0.452. The second-order valence-electron chi connectivity index (χ2n) is 7.74. The van der Waals surface area contributed by atoms with Crippen molar-refractivity contribution in [2.75, 3.05) is 19.4 Å². The Morgan fingerprint density at radius 1 is 1.00 bits per heavy atom. The summed E-state index contributed by atoms with van der Waals surface area (Å²) in [5, 5.41) is 0. The van der Waals surface area contributed by atoms with Crippen molar-refractivity contribution in [2.45, 2.75) is 19.5 Å². The zero-order valence-corrected chi connectivity index (χ0v) is 18.2. The lowest BCUT2D eigenvalue weighted by molar-refractivity contribution is 0.245. The molecule has 156 valence electrons. The van der Waals surface area contributed by atoms with Gasteiger partial charge in [-0.15, -0.1) is 11.3 Å². The summed E-state index contributed by atoms with van der Waals surface area (Å²) >= 11 is 1.85. The fourth-order valence-electron chi connectivity index (χ4n) is 3.87. The third-order valence-electron chi connectivity index (χ3n) is 5.60. The number of ether oxygens (including phenoxy) is 1. The van der Waals surface area contributed by atoms with Crippen LogP contribution in [0.3, 0.4) is 0 Å². The van der Waals surface area contributed by atoms with Crippen molar-refractivity contribution in [2.24, 2.45) is 0 Å². The summed E-state index contributed by atoms with van der Waals surface area (Å²) in [6, 6.07) is 20.4. The Hall–Kier alpha value is -3.22. The third-order valence-corrected chi connectivity index (χ3v) is 6.72. The molecule has 0 bridgehead atoms. The SMILES string of the molecule is COc1ccc(-c2ccc(CN3CCc4nc(-c5ccc(N)cc5)ncc4C3)s2)cc1. The molecule has 6 heteroatoms. The van der Waals surface area contributed by atoms with E-state index in [0.29, 0.717) is 0 Å². The number of nitrogens with two attached hydrogens (primary N) is 1. The first-order valence-corrected chi connectivity index (χ1v) is 11.2. The predicted molar refractivity (Wildman–Crippen MR) is 126 cm³/mol. The molecule has 0 aliphatic carbocycles. The molecule has 0 amide bonds. The van der Waals surface area contributed by atoms with Crippen LogP contribution in [0.25, 0.3) is 21.8 Å². The Morgan fingerprint density at radius 2 is 1.77 bits per heavy atom. The zero-order chi connectivity index (χ0) is 21.2. The minimum absolute atomic E-state index is 0.751. The molecule has 0 saturated heterocycles. The van der Waals surface area contributed by atoms with Crippen LogP contribution < -0.4 is 10.5 Å². The van der Waals surface area contributed by atoms with Gasteiger partial charge in [-0.2, -0.15) is 0 Å². The molecule has 5 rings (SSSR count). The van der Waals surface area contributed by atoms with E-state index < -0.39 is 0 Å². The van der Waals surface area contributed by atoms with Crippen LogP contribution in [0, 0.1) is 0 Å². The van der Waals surface area contributed by atoms with Gasteiger partial charge in [-0.3, -0.25) is 4.90 Å². The lowest BCUT2D eigenvalue weighted by Gasteiger charge is -2.27. The first-order valence-electron chi connectivity index (χ1n) is 10.3. The van der Waals surface area contributed by atoms with E-state index in [1.165, 1.54) is 20.9 Å². The fourth-order valence-corrected chi connectivity index (χ4v) is 4.93. The average molecular weight is 429 g/mol. The predicted octanol–water partition coefficient (Wildman–Crippen LogP) is 5.02. The average Bonchev–Trinajstić information content (AvgIpc) is 3.28. The molecular weight excluding hydrogens is 404 g/mol. The number of methoxy groups -OCH3 is 1. The maximum Gasteiger partial charge on any atom is 0.159 e. The second-order valence-corrected chi connectivity index (χ2v) is 8.91. The van der Waals surface area contributed by atoms with Crippen molar-refractivity contribution in [3.63, 3.8) is 0 Å². The summed E-state index contributed by atoms with van der Waals surface area (Å²) in [6.45, 7) is 2.83. The molecule has 2 aromatic carbocycles. The molecular formula is C25H24N4OS. The minimum Gasteiger partial charge on any atom is -0.497 e. The first kappa shape index (κ1) is 19.7. The third kappa shape index (κ3) is 4.31. The van der Waals surface area contributed by atoms with Crippen LogP contribution in [-0.2, 0) is 19.5 Å². The van der Waals surface area contributed by atoms with Gasteiger partial charge in [0.15, 0.2) is 5.82 Å². The van der Waals surface area contributed by atoms with E-state index in [1.54, 1.807) is 7.11 Å². The topological polar surface area (TPSA) is 64.3 Å². The van der Waals surface area contributed by atoms with E-state index in [4.69, 9.17) is 15.5 Å². The van der Waals surface area contributed by atoms with Crippen molar-refractivity contribution >= 4 is 17.0 Å². The molecule has 31 heavy (non-hydrogen) atoms. The molecule has 0 atom stereocenters. The van der Waals surface area contributed by atoms with Gasteiger partial charge in [0.1, 0.15) is 5.75 Å². The molecule has 1 aliphatic heterocycles. The molecule has 0 unspecified atom stereocenters. The van der Waals surface area contributed by atoms with Gasteiger partial charge in [0.2, 0.25) is 0 Å². The van der Waals surface area contributed by atoms with Crippen LogP contribution in [-0.4, -0.2) is 28.5 Å². The molecule has 0 fully saturated rings. The molecule has 0 spiro atoms. The Balaban J connectivity index is 1.27. The molecule has 1 aliphatic rings. The van der Waals surface area contributed by atoms with Gasteiger partial charge in [0.25, 0.3) is 0 Å². The normalized spacial score (nSPS) is 13.7. The Bertz CT molecular complexity index is 1190. The Morgan fingerprint density at radius 3 is 2.55 bits per heavy atom. The molecule has 2 aromatic heterocycles. The summed E-state index contributed by atoms with van der Waals surface area (Å²) in [5.74, 6) is 1.66. The highest BCUT2D eigenvalue weighted by atomic mass is 32.1. The molecule has 0 saturated carbocycles. The van der Waals surface area contributed by atoms with Gasteiger partial charge in [0.05, 0.1) is 12.8 Å². The lowest BCUT2D eigenvalue weighted by atomic mass is 10.1. The van der Waals surface area contributed by atoms with Crippen molar-refractivity contribution in [1.82, 2.24) is 14.9 Å². The zero-order valence-electron chi connectivity index (χ0n) is 17.4. The highest BCUT2D eigenvalue weighted by Gasteiger charge is 2.19. The van der Waals surface area contributed by atoms with Crippen molar-refractivity contribution < 1.29 is 4.74 Å². The Kier molecular flexibility index (Phi) is 5.40. The van der Waals surface area contributed by atoms with Crippen LogP contribution >= 0.6 is 11.3 Å². The summed E-state index contributed by atoms with van der Waals surface area (Å²) in [4.78, 5) is 14.6. The molecule has 0 radical (unpaired) electrons. The standard InChI is InChI=1S/C25H24N4OS/c1-30-21-8-4-17(5-9-21)24-11-10-22(31-24)16-29-13-12-23-19(15-29)14-27-25(28-23)18-2-6-20(26)7-3-18/h2-11,14H,12-13,15-16,26H2,1H3. The summed E-state index contributed by atoms with van der Waals surface area (Å²) < 4.78 is 5.26. The summed E-state index contributed by atoms with van der Waals surface area (Å²) in [5.41, 5.74) is 11.1. The van der Waals surface area contributed by atoms with E-state index in [-0.39, 0.29) is 0 Å². The van der Waals surface area contributed by atoms with Crippen LogP contribution in [0.5, 0.6) is 5.75 Å². The van der Waals surface area contributed by atoms with E-state index in [1.807, 2.05) is 53.9 Å². The van der Waals surface area contributed by atoms with Gasteiger partial charge in [-0.05, 0) is 66.2 Å². The number of hydrogen-bond acceptors (Lipinski definition) is 6. The van der Waals surface area contributed by atoms with Gasteiger partial charge in [-0.1, -0.05) is 0 Å². The summed E-state index contributed by atoms with van der Waals surface area (Å²) in [7, 11) is 1.69. The van der Waals surface area contributed by atoms with Gasteiger partial charge < -0.3 is 10.5 Å². The first-order chi connectivity index (χ1) is 15.2. The van der Waals surface area contributed by atoms with Crippen LogP contribution in [0.15, 0.2) is 66.9 Å². The Labute approximate surface area is 186 Å². The number of hydrogen-bond donors (Lipinski definition) is 1. The lowest BCUT2D eigenvalue weighted by Crippen LogP contribution is -2.30. The largest absolute Gasteiger partial charge is 0.497 e. The maximum absolute atomic E-state index is 5.79. The monoisotopic (exact) mass is 428 g/mol. The summed E-state index contributed by atoms with van der Waals surface area (Å²) in [6.07, 6.45) is 2.92. The number of fused-ring (bicyclic) bond motifs is 1. The van der Waals surface area contributed by atoms with Crippen molar-refractivity contribution in [3.05, 3.63) is 83.0 Å². The van der Waals surface area contributed by atoms with E-state index in [9.17, 15) is 0 Å². The molecule has 3 heterocycles. The number of nitrogen functional groups attached to an aromatic ring is 1. The fraction of sp³-hybridized carbons (Fsp3) is 0.200. The van der Waals surface area contributed by atoms with Crippen LogP contribution in [0.4, 0.5) is 5.69 Å². The van der Waals surface area contributed by atoms with Crippen LogP contribution in [0.1, 0.15) is 16.1 Å². The number of anilines is 1. The number of benzene rings is 2. The van der Waals surface area contributed by atoms with Crippen molar-refractivity contribution in [1.29, 1.82) is 0 Å². The van der Waals surface area contributed by atoms with E-state index in [0.717, 1.165) is 54.6 Å². The van der Waals surface area contributed by atoms with Crippen LogP contribution in [0.2, 0.25) is 0 Å². The number of rotatable bonds is 5. The molecule has 4 aromatic rings. The molecule has 5 nitrogen and oxygen atoms in total. The number of aromatic nitrogens is 2. The van der Waals surface area contributed by atoms with Crippen molar-refractivity contribution in [3.8, 4) is 27.6 Å². The smallest absolute Gasteiger partial charge is 0.159 e. The second kappa shape index (κ2) is 8.49. The number of nitrogens with zero attached hydrogens (tertiary/aromatic N) is 3. The van der Waals surface area contributed by atoms with E-state index in [2.05, 4.69) is 34.1 Å². The van der Waals surface area contributed by atoms with E-state index >= 15 is 0 Å². The number of thiophene rings is 1. The van der Waals surface area contributed by atoms with Gasteiger partial charge >= 0.3 is 0 Å². The minimum atomic E-state index is 0.751. The highest BCUT2D eigenvalue weighted by molar-refractivity contribution is 7.15. The van der Waals surface area contributed by atoms with Gasteiger partial charge in [0, 0.05) is 58.8 Å².